The normalized spacial score (nSPS) is 22.6. The van der Waals surface area contributed by atoms with E-state index in [0.717, 1.165) is 51.6 Å². The molecule has 7 nitrogen and oxygen atoms in total. The Morgan fingerprint density at radius 2 is 1.97 bits per heavy atom. The van der Waals surface area contributed by atoms with E-state index < -0.39 is 0 Å². The van der Waals surface area contributed by atoms with Gasteiger partial charge in [0.1, 0.15) is 11.8 Å². The lowest BCUT2D eigenvalue weighted by Gasteiger charge is -2.36. The van der Waals surface area contributed by atoms with E-state index in [1.165, 1.54) is 18.4 Å². The summed E-state index contributed by atoms with van der Waals surface area (Å²) in [5.74, 6) is 2.37. The van der Waals surface area contributed by atoms with Gasteiger partial charge in [-0.25, -0.2) is 5.43 Å². The maximum atomic E-state index is 12.3. The van der Waals surface area contributed by atoms with Crippen molar-refractivity contribution in [2.75, 3.05) is 53.0 Å². The highest BCUT2D eigenvalue weighted by molar-refractivity contribution is 5.76. The number of hydrazine groups is 1. The van der Waals surface area contributed by atoms with Crippen LogP contribution in [0.15, 0.2) is 24.3 Å². The van der Waals surface area contributed by atoms with Crippen molar-refractivity contribution in [1.29, 1.82) is 0 Å². The van der Waals surface area contributed by atoms with Crippen LogP contribution in [0.5, 0.6) is 5.75 Å². The number of benzene rings is 1. The van der Waals surface area contributed by atoms with Crippen LogP contribution in [-0.2, 0) is 16.1 Å². The number of esters is 1. The number of rotatable bonds is 11. The Morgan fingerprint density at radius 3 is 2.66 bits per heavy atom. The first-order valence-corrected chi connectivity index (χ1v) is 12.2. The van der Waals surface area contributed by atoms with Gasteiger partial charge in [-0.2, -0.15) is 0 Å². The fourth-order valence-electron chi connectivity index (χ4n) is 5.03. The van der Waals surface area contributed by atoms with Gasteiger partial charge >= 0.3 is 5.97 Å². The van der Waals surface area contributed by atoms with E-state index in [1.807, 2.05) is 19.1 Å². The molecule has 2 atom stereocenters. The van der Waals surface area contributed by atoms with Crippen molar-refractivity contribution in [3.05, 3.63) is 29.8 Å². The number of para-hydroxylation sites is 1. The van der Waals surface area contributed by atoms with Gasteiger partial charge in [-0.05, 0) is 50.8 Å². The average molecular weight is 447 g/mol. The highest BCUT2D eigenvalue weighted by Gasteiger charge is 2.35. The van der Waals surface area contributed by atoms with E-state index in [-0.39, 0.29) is 17.9 Å². The quantitative estimate of drug-likeness (QED) is 0.506. The Morgan fingerprint density at radius 1 is 1.22 bits per heavy atom. The first-order valence-electron chi connectivity index (χ1n) is 12.2. The van der Waals surface area contributed by atoms with Gasteiger partial charge in [-0.1, -0.05) is 32.0 Å². The maximum Gasteiger partial charge on any atom is 0.324 e. The van der Waals surface area contributed by atoms with Gasteiger partial charge in [-0.3, -0.25) is 15.1 Å². The molecule has 2 fully saturated rings. The molecule has 0 aromatic heterocycles. The number of carbonyl (C=O) groups excluding carboxylic acids is 1. The summed E-state index contributed by atoms with van der Waals surface area (Å²) in [5.41, 5.74) is 7.56. The summed E-state index contributed by atoms with van der Waals surface area (Å²) in [7, 11) is 1.75. The number of nitrogens with one attached hydrogen (secondary N) is 2. The zero-order chi connectivity index (χ0) is 22.9. The number of carbonyl (C=O) groups is 1. The molecule has 2 aliphatic rings. The van der Waals surface area contributed by atoms with E-state index in [0.29, 0.717) is 18.4 Å². The molecule has 7 heteroatoms. The van der Waals surface area contributed by atoms with Crippen molar-refractivity contribution >= 4 is 5.97 Å². The average Bonchev–Trinajstić information content (AvgIpc) is 3.23. The number of hydrogen-bond donors (Lipinski definition) is 2. The molecule has 32 heavy (non-hydrogen) atoms. The van der Waals surface area contributed by atoms with Crippen LogP contribution in [0.2, 0.25) is 0 Å². The topological polar surface area (TPSA) is 66.1 Å². The second kappa shape index (κ2) is 12.5. The third-order valence-electron chi connectivity index (χ3n) is 6.56. The molecule has 0 aliphatic carbocycles. The predicted octanol–water partition coefficient (Wildman–Crippen LogP) is 2.52. The van der Waals surface area contributed by atoms with Crippen molar-refractivity contribution in [1.82, 2.24) is 20.7 Å². The summed E-state index contributed by atoms with van der Waals surface area (Å²) < 4.78 is 10.8. The van der Waals surface area contributed by atoms with Crippen LogP contribution in [0, 0.1) is 17.8 Å². The van der Waals surface area contributed by atoms with Gasteiger partial charge in [0.05, 0.1) is 13.7 Å². The van der Waals surface area contributed by atoms with Crippen molar-refractivity contribution < 1.29 is 14.3 Å². The Balaban J connectivity index is 1.51. The van der Waals surface area contributed by atoms with Crippen LogP contribution >= 0.6 is 0 Å². The lowest BCUT2D eigenvalue weighted by molar-refractivity contribution is -0.146. The minimum absolute atomic E-state index is 0.142. The van der Waals surface area contributed by atoms with Crippen LogP contribution < -0.4 is 15.6 Å². The molecule has 0 radical (unpaired) electrons. The second-order valence-corrected chi connectivity index (χ2v) is 9.66. The highest BCUT2D eigenvalue weighted by Crippen LogP contribution is 2.25. The number of hydrogen-bond acceptors (Lipinski definition) is 7. The number of methoxy groups -OCH3 is 1. The van der Waals surface area contributed by atoms with Gasteiger partial charge in [0.2, 0.25) is 0 Å². The fourth-order valence-corrected chi connectivity index (χ4v) is 5.03. The Kier molecular flexibility index (Phi) is 9.78. The molecule has 0 spiro atoms. The first kappa shape index (κ1) is 25.0. The molecule has 1 aromatic carbocycles. The minimum atomic E-state index is -0.257. The summed E-state index contributed by atoms with van der Waals surface area (Å²) in [6.45, 7) is 13.9. The molecule has 3 rings (SSSR count). The van der Waals surface area contributed by atoms with Gasteiger partial charge in [0, 0.05) is 44.2 Å². The molecular weight excluding hydrogens is 404 g/mol. The van der Waals surface area contributed by atoms with E-state index >= 15 is 0 Å². The second-order valence-electron chi connectivity index (χ2n) is 9.66. The number of nitrogens with zero attached hydrogens (tertiary/aromatic N) is 2. The standard InChI is InChI=1S/C25H42N4O3/c1-5-32-25(30)24-22(14-26-27-24)18-29(15-19(2)3)16-20-10-12-28(13-11-20)17-21-8-6-7-9-23(21)31-4/h6-9,19-20,22,24,26-27H,5,10-18H2,1-4H3. The molecule has 0 saturated carbocycles. The predicted molar refractivity (Wildman–Crippen MR) is 127 cm³/mol. The lowest BCUT2D eigenvalue weighted by atomic mass is 9.94. The number of piperidine rings is 1. The monoisotopic (exact) mass is 446 g/mol. The minimum Gasteiger partial charge on any atom is -0.496 e. The van der Waals surface area contributed by atoms with Crippen LogP contribution in [0.3, 0.4) is 0 Å². The highest BCUT2D eigenvalue weighted by atomic mass is 16.5. The molecule has 0 bridgehead atoms. The first-order chi connectivity index (χ1) is 15.5. The molecule has 2 unspecified atom stereocenters. The van der Waals surface area contributed by atoms with Gasteiger partial charge in [0.15, 0.2) is 0 Å². The van der Waals surface area contributed by atoms with Crippen LogP contribution in [0.1, 0.15) is 39.2 Å². The van der Waals surface area contributed by atoms with E-state index in [1.54, 1.807) is 7.11 Å². The molecule has 2 saturated heterocycles. The third kappa shape index (κ3) is 7.17. The summed E-state index contributed by atoms with van der Waals surface area (Å²) in [4.78, 5) is 17.4. The van der Waals surface area contributed by atoms with Gasteiger partial charge in [0.25, 0.3) is 0 Å². The summed E-state index contributed by atoms with van der Waals surface area (Å²) in [6.07, 6.45) is 2.43. The lowest BCUT2D eigenvalue weighted by Crippen LogP contribution is -2.46. The molecular formula is C25H42N4O3. The number of ether oxygens (including phenoxy) is 2. The van der Waals surface area contributed by atoms with Crippen molar-refractivity contribution in [3.63, 3.8) is 0 Å². The summed E-state index contributed by atoms with van der Waals surface area (Å²) in [5, 5.41) is 0. The van der Waals surface area contributed by atoms with Crippen molar-refractivity contribution in [2.24, 2.45) is 17.8 Å². The Labute approximate surface area is 193 Å². The summed E-state index contributed by atoms with van der Waals surface area (Å²) >= 11 is 0. The van der Waals surface area contributed by atoms with Crippen molar-refractivity contribution in [3.8, 4) is 5.75 Å². The molecule has 2 aliphatic heterocycles. The molecule has 180 valence electrons. The molecule has 2 N–H and O–H groups in total. The molecule has 2 heterocycles. The van der Waals surface area contributed by atoms with Crippen molar-refractivity contribution in [2.45, 2.75) is 46.2 Å². The van der Waals surface area contributed by atoms with Gasteiger partial charge in [-0.15, -0.1) is 0 Å². The zero-order valence-corrected chi connectivity index (χ0v) is 20.3. The van der Waals surface area contributed by atoms with E-state index in [2.05, 4.69) is 46.6 Å². The van der Waals surface area contributed by atoms with Gasteiger partial charge < -0.3 is 14.4 Å². The Bertz CT molecular complexity index is 706. The third-order valence-corrected chi connectivity index (χ3v) is 6.56. The van der Waals surface area contributed by atoms with Crippen LogP contribution in [0.4, 0.5) is 0 Å². The van der Waals surface area contributed by atoms with E-state index in [9.17, 15) is 4.79 Å². The fraction of sp³-hybridized carbons (Fsp3) is 0.720. The zero-order valence-electron chi connectivity index (χ0n) is 20.3. The van der Waals surface area contributed by atoms with E-state index in [4.69, 9.17) is 9.47 Å². The SMILES string of the molecule is CCOC(=O)C1NNCC1CN(CC(C)C)CC1CCN(Cc2ccccc2OC)CC1. The van der Waals surface area contributed by atoms with Crippen LogP contribution in [-0.4, -0.2) is 74.8 Å². The Hall–Kier alpha value is -1.67. The summed E-state index contributed by atoms with van der Waals surface area (Å²) in [6, 6.07) is 8.07. The van der Waals surface area contributed by atoms with Crippen LogP contribution in [0.25, 0.3) is 0 Å². The molecule has 0 amide bonds. The maximum absolute atomic E-state index is 12.3. The number of likely N-dealkylation sites (tertiary alicyclic amines) is 1. The largest absolute Gasteiger partial charge is 0.496 e. The smallest absolute Gasteiger partial charge is 0.324 e. The molecule has 1 aromatic rings.